The Morgan fingerprint density at radius 3 is 2.79 bits per heavy atom. The van der Waals surface area contributed by atoms with E-state index in [1.807, 2.05) is 30.3 Å². The molecule has 1 aromatic carbocycles. The van der Waals surface area contributed by atoms with Crippen LogP contribution in [0.1, 0.15) is 23.8 Å². The van der Waals surface area contributed by atoms with E-state index in [0.717, 1.165) is 35.2 Å². The van der Waals surface area contributed by atoms with Crippen molar-refractivity contribution in [3.05, 3.63) is 51.1 Å². The Bertz CT molecular complexity index is 1090. The van der Waals surface area contributed by atoms with Gasteiger partial charge in [0.2, 0.25) is 5.91 Å². The second kappa shape index (κ2) is 7.72. The fraction of sp³-hybridized carbons (Fsp3) is 0.381. The SMILES string of the molecule is CC1CCc2c(sc3nc(SCC(=O)N(C)C)n(-c4ccccc4)c(=O)c23)C1. The lowest BCUT2D eigenvalue weighted by Crippen LogP contribution is -2.25. The van der Waals surface area contributed by atoms with Crippen molar-refractivity contribution in [1.29, 1.82) is 0 Å². The predicted molar refractivity (Wildman–Crippen MR) is 116 cm³/mol. The Balaban J connectivity index is 1.89. The Morgan fingerprint density at radius 1 is 1.32 bits per heavy atom. The molecule has 7 heteroatoms. The van der Waals surface area contributed by atoms with Crippen LogP contribution >= 0.6 is 23.1 Å². The smallest absolute Gasteiger partial charge is 0.267 e. The van der Waals surface area contributed by atoms with Gasteiger partial charge in [-0.15, -0.1) is 11.3 Å². The number of hydrogen-bond donors (Lipinski definition) is 0. The first-order chi connectivity index (χ1) is 13.5. The van der Waals surface area contributed by atoms with Gasteiger partial charge in [0.05, 0.1) is 16.8 Å². The van der Waals surface area contributed by atoms with Crippen molar-refractivity contribution in [1.82, 2.24) is 14.5 Å². The zero-order valence-electron chi connectivity index (χ0n) is 16.3. The highest BCUT2D eigenvalue weighted by molar-refractivity contribution is 7.99. The molecule has 2 heterocycles. The van der Waals surface area contributed by atoms with Crippen molar-refractivity contribution < 1.29 is 4.79 Å². The lowest BCUT2D eigenvalue weighted by Gasteiger charge is -2.18. The largest absolute Gasteiger partial charge is 0.348 e. The van der Waals surface area contributed by atoms with Crippen LogP contribution in [-0.2, 0) is 17.6 Å². The van der Waals surface area contributed by atoms with E-state index in [9.17, 15) is 9.59 Å². The van der Waals surface area contributed by atoms with Crippen LogP contribution in [0.4, 0.5) is 0 Å². The third-order valence-corrected chi connectivity index (χ3v) is 7.21. The summed E-state index contributed by atoms with van der Waals surface area (Å²) in [6.07, 6.45) is 3.06. The van der Waals surface area contributed by atoms with E-state index in [-0.39, 0.29) is 17.2 Å². The number of thiophene rings is 1. The lowest BCUT2D eigenvalue weighted by atomic mass is 9.89. The number of aromatic nitrogens is 2. The number of carbonyl (C=O) groups is 1. The summed E-state index contributed by atoms with van der Waals surface area (Å²) in [7, 11) is 3.47. The van der Waals surface area contributed by atoms with Gasteiger partial charge in [-0.2, -0.15) is 0 Å². The number of amides is 1. The molecule has 0 aliphatic heterocycles. The van der Waals surface area contributed by atoms with Gasteiger partial charge in [0.15, 0.2) is 5.16 Å². The van der Waals surface area contributed by atoms with Crippen LogP contribution in [0, 0.1) is 5.92 Å². The van der Waals surface area contributed by atoms with Gasteiger partial charge in [-0.1, -0.05) is 36.9 Å². The number of benzene rings is 1. The Labute approximate surface area is 172 Å². The maximum Gasteiger partial charge on any atom is 0.267 e. The molecule has 1 aliphatic carbocycles. The van der Waals surface area contributed by atoms with E-state index in [4.69, 9.17) is 4.98 Å². The van der Waals surface area contributed by atoms with E-state index < -0.39 is 0 Å². The quantitative estimate of drug-likeness (QED) is 0.483. The molecule has 0 fully saturated rings. The molecular formula is C21H23N3O2S2. The maximum atomic E-state index is 13.6. The van der Waals surface area contributed by atoms with Gasteiger partial charge in [-0.3, -0.25) is 14.2 Å². The van der Waals surface area contributed by atoms with Crippen LogP contribution in [0.3, 0.4) is 0 Å². The number of fused-ring (bicyclic) bond motifs is 3. The number of aryl methyl sites for hydroxylation is 1. The zero-order chi connectivity index (χ0) is 19.8. The molecule has 3 aromatic rings. The van der Waals surface area contributed by atoms with Crippen molar-refractivity contribution >= 4 is 39.2 Å². The molecule has 5 nitrogen and oxygen atoms in total. The minimum atomic E-state index is -0.0249. The van der Waals surface area contributed by atoms with Crippen LogP contribution < -0.4 is 5.56 Å². The average molecular weight is 414 g/mol. The predicted octanol–water partition coefficient (Wildman–Crippen LogP) is 3.75. The highest BCUT2D eigenvalue weighted by atomic mass is 32.2. The van der Waals surface area contributed by atoms with Crippen LogP contribution in [0.25, 0.3) is 15.9 Å². The third kappa shape index (κ3) is 3.49. The highest BCUT2D eigenvalue weighted by Crippen LogP contribution is 2.37. The second-order valence-corrected chi connectivity index (χ2v) is 9.51. The number of para-hydroxylation sites is 1. The summed E-state index contributed by atoms with van der Waals surface area (Å²) >= 11 is 2.96. The minimum absolute atomic E-state index is 0.00161. The second-order valence-electron chi connectivity index (χ2n) is 7.48. The molecule has 0 radical (unpaired) electrons. The van der Waals surface area contributed by atoms with Crippen LogP contribution in [0.5, 0.6) is 0 Å². The minimum Gasteiger partial charge on any atom is -0.348 e. The van der Waals surface area contributed by atoms with Crippen molar-refractivity contribution in [2.75, 3.05) is 19.8 Å². The van der Waals surface area contributed by atoms with E-state index in [0.29, 0.717) is 11.1 Å². The normalized spacial score (nSPS) is 16.2. The Kier molecular flexibility index (Phi) is 5.29. The first-order valence-electron chi connectivity index (χ1n) is 9.41. The standard InChI is InChI=1S/C21H23N3O2S2/c1-13-9-10-15-16(11-13)28-19-18(15)20(26)24(14-7-5-4-6-8-14)21(22-19)27-12-17(25)23(2)3/h4-8,13H,9-12H2,1-3H3. The molecule has 0 N–H and O–H groups in total. The lowest BCUT2D eigenvalue weighted by molar-refractivity contribution is -0.125. The summed E-state index contributed by atoms with van der Waals surface area (Å²) in [4.78, 5) is 34.2. The van der Waals surface area contributed by atoms with E-state index in [1.54, 1.807) is 34.9 Å². The number of rotatable bonds is 4. The molecule has 1 amide bonds. The molecule has 1 unspecified atom stereocenters. The molecule has 4 rings (SSSR count). The first-order valence-corrected chi connectivity index (χ1v) is 11.2. The number of hydrogen-bond acceptors (Lipinski definition) is 5. The topological polar surface area (TPSA) is 55.2 Å². The Hall–Kier alpha value is -2.12. The molecule has 28 heavy (non-hydrogen) atoms. The Morgan fingerprint density at radius 2 is 2.07 bits per heavy atom. The molecule has 0 spiro atoms. The summed E-state index contributed by atoms with van der Waals surface area (Å²) in [5.41, 5.74) is 1.94. The summed E-state index contributed by atoms with van der Waals surface area (Å²) in [5, 5.41) is 1.34. The summed E-state index contributed by atoms with van der Waals surface area (Å²) in [6, 6.07) is 9.57. The number of nitrogens with zero attached hydrogens (tertiary/aromatic N) is 3. The molecule has 1 atom stereocenters. The highest BCUT2D eigenvalue weighted by Gasteiger charge is 2.25. The van der Waals surface area contributed by atoms with E-state index >= 15 is 0 Å². The molecule has 0 saturated carbocycles. The van der Waals surface area contributed by atoms with Crippen LogP contribution in [0.2, 0.25) is 0 Å². The fourth-order valence-corrected chi connectivity index (χ4v) is 5.94. The van der Waals surface area contributed by atoms with Gasteiger partial charge < -0.3 is 4.90 Å². The van der Waals surface area contributed by atoms with Gasteiger partial charge in [0, 0.05) is 19.0 Å². The molecule has 2 aromatic heterocycles. The maximum absolute atomic E-state index is 13.6. The van der Waals surface area contributed by atoms with Gasteiger partial charge in [-0.25, -0.2) is 4.98 Å². The van der Waals surface area contributed by atoms with E-state index in [2.05, 4.69) is 6.92 Å². The van der Waals surface area contributed by atoms with E-state index in [1.165, 1.54) is 22.2 Å². The van der Waals surface area contributed by atoms with Gasteiger partial charge >= 0.3 is 0 Å². The average Bonchev–Trinajstić information content (AvgIpc) is 3.04. The third-order valence-electron chi connectivity index (χ3n) is 5.14. The number of thioether (sulfide) groups is 1. The van der Waals surface area contributed by atoms with Gasteiger partial charge in [-0.05, 0) is 42.9 Å². The molecule has 0 bridgehead atoms. The summed E-state index contributed by atoms with van der Waals surface area (Å²) in [5.74, 6) is 0.890. The molecule has 0 saturated heterocycles. The molecule has 146 valence electrons. The fourth-order valence-electron chi connectivity index (χ4n) is 3.53. The first kappa shape index (κ1) is 19.2. The van der Waals surface area contributed by atoms with Crippen molar-refractivity contribution in [3.63, 3.8) is 0 Å². The van der Waals surface area contributed by atoms with Crippen LogP contribution in [-0.4, -0.2) is 40.2 Å². The van der Waals surface area contributed by atoms with Gasteiger partial charge in [0.25, 0.3) is 5.56 Å². The monoisotopic (exact) mass is 413 g/mol. The summed E-state index contributed by atoms with van der Waals surface area (Å²) < 4.78 is 1.67. The molecule has 1 aliphatic rings. The summed E-state index contributed by atoms with van der Waals surface area (Å²) in [6.45, 7) is 2.26. The van der Waals surface area contributed by atoms with Crippen LogP contribution in [0.15, 0.2) is 40.3 Å². The zero-order valence-corrected chi connectivity index (χ0v) is 17.9. The van der Waals surface area contributed by atoms with Crippen molar-refractivity contribution in [3.8, 4) is 5.69 Å². The number of carbonyl (C=O) groups excluding carboxylic acids is 1. The van der Waals surface area contributed by atoms with Crippen molar-refractivity contribution in [2.45, 2.75) is 31.3 Å². The molecular weight excluding hydrogens is 390 g/mol. The van der Waals surface area contributed by atoms with Crippen molar-refractivity contribution in [2.24, 2.45) is 5.92 Å². The van der Waals surface area contributed by atoms with Gasteiger partial charge in [0.1, 0.15) is 4.83 Å².